The maximum atomic E-state index is 5.91. The first-order valence-electron chi connectivity index (χ1n) is 5.77. The second kappa shape index (κ2) is 5.70. The lowest BCUT2D eigenvalue weighted by atomic mass is 10.1. The number of nitrogens with one attached hydrogen (secondary N) is 1. The van der Waals surface area contributed by atoms with Crippen molar-refractivity contribution in [3.8, 4) is 0 Å². The van der Waals surface area contributed by atoms with E-state index in [0.29, 0.717) is 5.92 Å². The summed E-state index contributed by atoms with van der Waals surface area (Å²) in [5, 5.41) is 3.13. The summed E-state index contributed by atoms with van der Waals surface area (Å²) >= 11 is 0. The predicted molar refractivity (Wildman–Crippen MR) is 67.4 cm³/mol. The summed E-state index contributed by atoms with van der Waals surface area (Å²) in [7, 11) is 1.90. The standard InChI is InChI=1S/C12H22N4/c1-5-11(14-4)15-12-7-6-10(9(2)3)8-16(12)13/h6-9,11,14H,5,13H2,1-4H3/b15-12-. The van der Waals surface area contributed by atoms with E-state index in [2.05, 4.69) is 37.1 Å². The van der Waals surface area contributed by atoms with Crippen LogP contribution in [-0.2, 0) is 0 Å². The molecular weight excluding hydrogens is 200 g/mol. The molecule has 0 bridgehead atoms. The number of aromatic nitrogens is 1. The summed E-state index contributed by atoms with van der Waals surface area (Å²) in [5.74, 6) is 6.39. The van der Waals surface area contributed by atoms with Gasteiger partial charge in [-0.05, 0) is 31.0 Å². The molecule has 4 heteroatoms. The minimum absolute atomic E-state index is 0.125. The molecule has 3 N–H and O–H groups in total. The van der Waals surface area contributed by atoms with Crippen LogP contribution in [0, 0.1) is 0 Å². The molecule has 0 spiro atoms. The summed E-state index contributed by atoms with van der Waals surface area (Å²) in [5.41, 5.74) is 2.02. The first-order chi connectivity index (χ1) is 7.58. The van der Waals surface area contributed by atoms with E-state index in [1.54, 1.807) is 4.68 Å². The smallest absolute Gasteiger partial charge is 0.147 e. The van der Waals surface area contributed by atoms with Crippen molar-refractivity contribution in [3.63, 3.8) is 0 Å². The summed E-state index contributed by atoms with van der Waals surface area (Å²) < 4.78 is 1.59. The molecule has 1 rings (SSSR count). The molecule has 0 aliphatic heterocycles. The lowest BCUT2D eigenvalue weighted by Gasteiger charge is -2.11. The predicted octanol–water partition coefficient (Wildman–Crippen LogP) is 1.18. The first kappa shape index (κ1) is 12.8. The Hall–Kier alpha value is -1.29. The van der Waals surface area contributed by atoms with Gasteiger partial charge in [0.25, 0.3) is 0 Å². The molecule has 90 valence electrons. The lowest BCUT2D eigenvalue weighted by molar-refractivity contribution is 0.548. The van der Waals surface area contributed by atoms with Crippen LogP contribution in [0.25, 0.3) is 0 Å². The number of nitrogens with two attached hydrogens (primary N) is 1. The maximum absolute atomic E-state index is 5.91. The average Bonchev–Trinajstić information content (AvgIpc) is 2.27. The van der Waals surface area contributed by atoms with Gasteiger partial charge in [0.15, 0.2) is 0 Å². The van der Waals surface area contributed by atoms with Gasteiger partial charge in [-0.3, -0.25) is 9.99 Å². The van der Waals surface area contributed by atoms with E-state index in [9.17, 15) is 0 Å². The van der Waals surface area contributed by atoms with Crippen molar-refractivity contribution in [2.75, 3.05) is 12.9 Å². The normalized spacial score (nSPS) is 14.4. The number of nitrogens with zero attached hydrogens (tertiary/aromatic N) is 2. The van der Waals surface area contributed by atoms with Gasteiger partial charge in [-0.25, -0.2) is 4.99 Å². The molecule has 1 atom stereocenters. The van der Waals surface area contributed by atoms with Crippen molar-refractivity contribution in [1.29, 1.82) is 0 Å². The molecule has 1 heterocycles. The van der Waals surface area contributed by atoms with Crippen LogP contribution in [0.15, 0.2) is 23.3 Å². The highest BCUT2D eigenvalue weighted by molar-refractivity contribution is 5.13. The van der Waals surface area contributed by atoms with Gasteiger partial charge in [-0.1, -0.05) is 26.8 Å². The zero-order valence-electron chi connectivity index (χ0n) is 10.6. The molecule has 0 amide bonds. The number of hydrogen-bond acceptors (Lipinski definition) is 3. The third kappa shape index (κ3) is 3.10. The van der Waals surface area contributed by atoms with Crippen molar-refractivity contribution < 1.29 is 0 Å². The van der Waals surface area contributed by atoms with Crippen LogP contribution in [0.4, 0.5) is 0 Å². The van der Waals surface area contributed by atoms with Crippen LogP contribution < -0.4 is 16.6 Å². The fourth-order valence-corrected chi connectivity index (χ4v) is 1.50. The highest BCUT2D eigenvalue weighted by Crippen LogP contribution is 2.10. The van der Waals surface area contributed by atoms with Gasteiger partial charge >= 0.3 is 0 Å². The molecule has 0 saturated heterocycles. The van der Waals surface area contributed by atoms with Gasteiger partial charge in [-0.15, -0.1) is 0 Å². The Morgan fingerprint density at radius 2 is 2.12 bits per heavy atom. The minimum atomic E-state index is 0.125. The van der Waals surface area contributed by atoms with E-state index in [0.717, 1.165) is 11.9 Å². The maximum Gasteiger partial charge on any atom is 0.147 e. The summed E-state index contributed by atoms with van der Waals surface area (Å²) in [4.78, 5) is 4.52. The van der Waals surface area contributed by atoms with Gasteiger partial charge in [0.05, 0.1) is 0 Å². The van der Waals surface area contributed by atoms with Gasteiger partial charge in [0.1, 0.15) is 11.7 Å². The fourth-order valence-electron chi connectivity index (χ4n) is 1.50. The van der Waals surface area contributed by atoms with Crippen molar-refractivity contribution in [2.24, 2.45) is 4.99 Å². The van der Waals surface area contributed by atoms with E-state index in [1.165, 1.54) is 5.56 Å². The van der Waals surface area contributed by atoms with Gasteiger partial charge < -0.3 is 5.84 Å². The molecule has 0 aliphatic carbocycles. The Labute approximate surface area is 97.2 Å². The molecular formula is C12H22N4. The highest BCUT2D eigenvalue weighted by Gasteiger charge is 2.02. The third-order valence-electron chi connectivity index (χ3n) is 2.65. The molecule has 0 aromatic carbocycles. The molecule has 4 nitrogen and oxygen atoms in total. The minimum Gasteiger partial charge on any atom is -0.338 e. The van der Waals surface area contributed by atoms with E-state index in [4.69, 9.17) is 5.84 Å². The van der Waals surface area contributed by atoms with Crippen LogP contribution in [0.1, 0.15) is 38.7 Å². The SMILES string of the molecule is CCC(/N=c1/ccc(C(C)C)cn1N)NC. The Morgan fingerprint density at radius 1 is 1.44 bits per heavy atom. The molecule has 1 aromatic rings. The Morgan fingerprint density at radius 3 is 2.56 bits per heavy atom. The second-order valence-corrected chi connectivity index (χ2v) is 4.22. The molecule has 0 aliphatic rings. The average molecular weight is 222 g/mol. The number of rotatable bonds is 4. The van der Waals surface area contributed by atoms with Crippen molar-refractivity contribution in [1.82, 2.24) is 9.99 Å². The van der Waals surface area contributed by atoms with E-state index in [-0.39, 0.29) is 6.17 Å². The van der Waals surface area contributed by atoms with Crippen LogP contribution in [0.5, 0.6) is 0 Å². The van der Waals surface area contributed by atoms with Gasteiger partial charge in [0, 0.05) is 6.20 Å². The molecule has 0 saturated carbocycles. The zero-order chi connectivity index (χ0) is 12.1. The van der Waals surface area contributed by atoms with E-state index in [1.807, 2.05) is 19.3 Å². The topological polar surface area (TPSA) is 55.3 Å². The lowest BCUT2D eigenvalue weighted by Crippen LogP contribution is -2.32. The van der Waals surface area contributed by atoms with Crippen LogP contribution in [0.3, 0.4) is 0 Å². The van der Waals surface area contributed by atoms with Crippen molar-refractivity contribution in [2.45, 2.75) is 39.3 Å². The Bertz CT molecular complexity index is 388. The molecule has 16 heavy (non-hydrogen) atoms. The van der Waals surface area contributed by atoms with Crippen LogP contribution in [-0.4, -0.2) is 17.9 Å². The van der Waals surface area contributed by atoms with Crippen molar-refractivity contribution >= 4 is 0 Å². The zero-order valence-corrected chi connectivity index (χ0v) is 10.6. The molecule has 1 aromatic heterocycles. The summed E-state index contributed by atoms with van der Waals surface area (Å²) in [6.07, 6.45) is 3.01. The van der Waals surface area contributed by atoms with E-state index >= 15 is 0 Å². The number of nitrogen functional groups attached to an aromatic ring is 1. The Kier molecular flexibility index (Phi) is 4.55. The monoisotopic (exact) mass is 222 g/mol. The highest BCUT2D eigenvalue weighted by atomic mass is 15.3. The van der Waals surface area contributed by atoms with Crippen molar-refractivity contribution in [3.05, 3.63) is 29.4 Å². The quantitative estimate of drug-likeness (QED) is 0.752. The number of pyridine rings is 1. The van der Waals surface area contributed by atoms with Gasteiger partial charge in [-0.2, -0.15) is 0 Å². The molecule has 0 radical (unpaired) electrons. The second-order valence-electron chi connectivity index (χ2n) is 4.22. The third-order valence-corrected chi connectivity index (χ3v) is 2.65. The summed E-state index contributed by atoms with van der Waals surface area (Å²) in [6, 6.07) is 4.05. The van der Waals surface area contributed by atoms with Gasteiger partial charge in [0.2, 0.25) is 0 Å². The first-order valence-corrected chi connectivity index (χ1v) is 5.77. The van der Waals surface area contributed by atoms with Crippen LogP contribution >= 0.6 is 0 Å². The fraction of sp³-hybridized carbons (Fsp3) is 0.583. The Balaban J connectivity index is 3.07. The summed E-state index contributed by atoms with van der Waals surface area (Å²) in [6.45, 7) is 6.39. The molecule has 1 unspecified atom stereocenters. The van der Waals surface area contributed by atoms with E-state index < -0.39 is 0 Å². The molecule has 0 fully saturated rings. The largest absolute Gasteiger partial charge is 0.338 e. The van der Waals surface area contributed by atoms with Crippen LogP contribution in [0.2, 0.25) is 0 Å². The number of hydrogen-bond donors (Lipinski definition) is 2.